The Morgan fingerprint density at radius 3 is 2.33 bits per heavy atom. The van der Waals surface area contributed by atoms with Crippen molar-refractivity contribution in [2.24, 2.45) is 5.73 Å². The Morgan fingerprint density at radius 1 is 1.42 bits per heavy atom. The Kier molecular flexibility index (Phi) is 2.81. The van der Waals surface area contributed by atoms with Gasteiger partial charge in [0.15, 0.2) is 0 Å². The summed E-state index contributed by atoms with van der Waals surface area (Å²) in [5.74, 6) is -0.159. The minimum absolute atomic E-state index is 0.0794. The Bertz CT molecular complexity index is 187. The number of carbonyl (C=O) groups is 2. The second-order valence-electron chi connectivity index (χ2n) is 3.10. The van der Waals surface area contributed by atoms with Gasteiger partial charge < -0.3 is 5.73 Å². The van der Waals surface area contributed by atoms with Gasteiger partial charge >= 0.3 is 0 Å². The lowest BCUT2D eigenvalue weighted by Crippen LogP contribution is -2.48. The SMILES string of the molecule is CC(CN)N1C(=O)CCCC1=O. The van der Waals surface area contributed by atoms with Crippen molar-refractivity contribution in [1.29, 1.82) is 0 Å². The van der Waals surface area contributed by atoms with E-state index in [1.807, 2.05) is 0 Å². The van der Waals surface area contributed by atoms with Gasteiger partial charge in [-0.2, -0.15) is 0 Å². The number of likely N-dealkylation sites (tertiary alicyclic amines) is 1. The number of amides is 2. The predicted octanol–water partition coefficient (Wildman–Crippen LogP) is -0.127. The summed E-state index contributed by atoms with van der Waals surface area (Å²) in [5.41, 5.74) is 5.38. The molecule has 1 heterocycles. The lowest BCUT2D eigenvalue weighted by molar-refractivity contribution is -0.150. The maximum absolute atomic E-state index is 11.3. The molecule has 0 aromatic rings. The molecule has 0 spiro atoms. The Morgan fingerprint density at radius 2 is 1.92 bits per heavy atom. The molecule has 4 heteroatoms. The number of nitrogens with zero attached hydrogens (tertiary/aromatic N) is 1. The summed E-state index contributed by atoms with van der Waals surface area (Å²) in [7, 11) is 0. The zero-order valence-corrected chi connectivity index (χ0v) is 7.25. The summed E-state index contributed by atoms with van der Waals surface area (Å²) in [5, 5.41) is 0. The third-order valence-electron chi connectivity index (χ3n) is 2.10. The molecule has 12 heavy (non-hydrogen) atoms. The predicted molar refractivity (Wildman–Crippen MR) is 44.2 cm³/mol. The van der Waals surface area contributed by atoms with Crippen molar-refractivity contribution < 1.29 is 9.59 Å². The molecule has 1 unspecified atom stereocenters. The lowest BCUT2D eigenvalue weighted by atomic mass is 10.1. The Labute approximate surface area is 71.7 Å². The van der Waals surface area contributed by atoms with Gasteiger partial charge in [-0.25, -0.2) is 0 Å². The van der Waals surface area contributed by atoms with E-state index in [-0.39, 0.29) is 17.9 Å². The molecule has 0 aromatic carbocycles. The van der Waals surface area contributed by atoms with Crippen molar-refractivity contribution in [3.8, 4) is 0 Å². The van der Waals surface area contributed by atoms with Crippen molar-refractivity contribution in [1.82, 2.24) is 4.90 Å². The van der Waals surface area contributed by atoms with E-state index in [1.165, 1.54) is 4.90 Å². The molecular weight excluding hydrogens is 156 g/mol. The molecule has 1 saturated heterocycles. The summed E-state index contributed by atoms with van der Waals surface area (Å²) in [6, 6.07) is -0.148. The van der Waals surface area contributed by atoms with Crippen LogP contribution in [-0.2, 0) is 9.59 Å². The van der Waals surface area contributed by atoms with Gasteiger partial charge in [0.25, 0.3) is 0 Å². The highest BCUT2D eigenvalue weighted by Crippen LogP contribution is 2.14. The van der Waals surface area contributed by atoms with Gasteiger partial charge in [-0.3, -0.25) is 14.5 Å². The second kappa shape index (κ2) is 3.67. The number of imide groups is 1. The van der Waals surface area contributed by atoms with E-state index in [0.29, 0.717) is 25.8 Å². The van der Waals surface area contributed by atoms with E-state index in [9.17, 15) is 9.59 Å². The molecule has 1 rings (SSSR count). The van der Waals surface area contributed by atoms with Gasteiger partial charge in [-0.05, 0) is 13.3 Å². The molecule has 0 bridgehead atoms. The van der Waals surface area contributed by atoms with Crippen LogP contribution in [0.1, 0.15) is 26.2 Å². The number of carbonyl (C=O) groups excluding carboxylic acids is 2. The maximum Gasteiger partial charge on any atom is 0.229 e. The van der Waals surface area contributed by atoms with Crippen molar-refractivity contribution in [3.63, 3.8) is 0 Å². The Balaban J connectivity index is 2.69. The van der Waals surface area contributed by atoms with E-state index in [1.54, 1.807) is 6.92 Å². The standard InChI is InChI=1S/C8H14N2O2/c1-6(5-9)10-7(11)3-2-4-8(10)12/h6H,2-5,9H2,1H3. The molecule has 4 nitrogen and oxygen atoms in total. The quantitative estimate of drug-likeness (QED) is 0.587. The normalized spacial score (nSPS) is 21.3. The van der Waals surface area contributed by atoms with Crippen molar-refractivity contribution >= 4 is 11.8 Å². The molecule has 2 amide bonds. The molecule has 1 aliphatic heterocycles. The van der Waals surface area contributed by atoms with Crippen LogP contribution >= 0.6 is 0 Å². The summed E-state index contributed by atoms with van der Waals surface area (Å²) in [6.07, 6.45) is 1.65. The first-order chi connectivity index (χ1) is 5.66. The second-order valence-corrected chi connectivity index (χ2v) is 3.10. The third-order valence-corrected chi connectivity index (χ3v) is 2.10. The Hall–Kier alpha value is -0.900. The summed E-state index contributed by atoms with van der Waals surface area (Å²) >= 11 is 0. The molecule has 0 radical (unpaired) electrons. The molecule has 1 atom stereocenters. The van der Waals surface area contributed by atoms with Crippen LogP contribution in [0.15, 0.2) is 0 Å². The smallest absolute Gasteiger partial charge is 0.229 e. The highest BCUT2D eigenvalue weighted by molar-refractivity contribution is 5.97. The van der Waals surface area contributed by atoms with Gasteiger partial charge in [0.1, 0.15) is 0 Å². The van der Waals surface area contributed by atoms with Gasteiger partial charge in [0.05, 0.1) is 0 Å². The van der Waals surface area contributed by atoms with Crippen LogP contribution in [0.4, 0.5) is 0 Å². The van der Waals surface area contributed by atoms with E-state index >= 15 is 0 Å². The van der Waals surface area contributed by atoms with Gasteiger partial charge in [0, 0.05) is 25.4 Å². The molecule has 0 aliphatic carbocycles. The van der Waals surface area contributed by atoms with Gasteiger partial charge in [-0.15, -0.1) is 0 Å². The van der Waals surface area contributed by atoms with Crippen LogP contribution in [0.3, 0.4) is 0 Å². The number of hydrogen-bond donors (Lipinski definition) is 1. The summed E-state index contributed by atoms with van der Waals surface area (Å²) in [4.78, 5) is 23.8. The minimum atomic E-state index is -0.148. The molecule has 0 aromatic heterocycles. The lowest BCUT2D eigenvalue weighted by Gasteiger charge is -2.29. The molecule has 2 N–H and O–H groups in total. The largest absolute Gasteiger partial charge is 0.328 e. The summed E-state index contributed by atoms with van der Waals surface area (Å²) < 4.78 is 0. The topological polar surface area (TPSA) is 63.4 Å². The monoisotopic (exact) mass is 170 g/mol. The summed E-state index contributed by atoms with van der Waals surface area (Å²) in [6.45, 7) is 2.14. The fourth-order valence-electron chi connectivity index (χ4n) is 1.37. The molecule has 1 fully saturated rings. The highest BCUT2D eigenvalue weighted by Gasteiger charge is 2.28. The first-order valence-electron chi connectivity index (χ1n) is 4.21. The molecule has 68 valence electrons. The average Bonchev–Trinajstić information content (AvgIpc) is 2.03. The maximum atomic E-state index is 11.3. The number of piperidine rings is 1. The number of hydrogen-bond acceptors (Lipinski definition) is 3. The number of nitrogens with two attached hydrogens (primary N) is 1. The van der Waals surface area contributed by atoms with E-state index in [0.717, 1.165) is 0 Å². The van der Waals surface area contributed by atoms with Crippen LogP contribution in [0.25, 0.3) is 0 Å². The highest BCUT2D eigenvalue weighted by atomic mass is 16.2. The molecular formula is C8H14N2O2. The zero-order valence-electron chi connectivity index (χ0n) is 7.25. The first-order valence-corrected chi connectivity index (χ1v) is 4.21. The van der Waals surface area contributed by atoms with Crippen LogP contribution in [0.5, 0.6) is 0 Å². The zero-order chi connectivity index (χ0) is 9.14. The molecule has 1 aliphatic rings. The fourth-order valence-corrected chi connectivity index (χ4v) is 1.37. The van der Waals surface area contributed by atoms with Crippen LogP contribution < -0.4 is 5.73 Å². The average molecular weight is 170 g/mol. The molecule has 0 saturated carbocycles. The van der Waals surface area contributed by atoms with E-state index < -0.39 is 0 Å². The van der Waals surface area contributed by atoms with Crippen molar-refractivity contribution in [2.45, 2.75) is 32.2 Å². The van der Waals surface area contributed by atoms with Crippen LogP contribution in [-0.4, -0.2) is 29.3 Å². The first kappa shape index (κ1) is 9.19. The third kappa shape index (κ3) is 1.64. The van der Waals surface area contributed by atoms with Crippen molar-refractivity contribution in [2.75, 3.05) is 6.54 Å². The fraction of sp³-hybridized carbons (Fsp3) is 0.750. The van der Waals surface area contributed by atoms with Crippen LogP contribution in [0.2, 0.25) is 0 Å². The van der Waals surface area contributed by atoms with Crippen LogP contribution in [0, 0.1) is 0 Å². The minimum Gasteiger partial charge on any atom is -0.328 e. The van der Waals surface area contributed by atoms with E-state index in [2.05, 4.69) is 0 Å². The van der Waals surface area contributed by atoms with Crippen molar-refractivity contribution in [3.05, 3.63) is 0 Å². The number of rotatable bonds is 2. The van der Waals surface area contributed by atoms with Gasteiger partial charge in [-0.1, -0.05) is 0 Å². The van der Waals surface area contributed by atoms with E-state index in [4.69, 9.17) is 5.73 Å². The van der Waals surface area contributed by atoms with Gasteiger partial charge in [0.2, 0.25) is 11.8 Å².